The Kier molecular flexibility index (Phi) is 4.02. The first-order chi connectivity index (χ1) is 10.3. The Morgan fingerprint density at radius 3 is 2.71 bits per heavy atom. The zero-order valence-corrected chi connectivity index (χ0v) is 11.7. The van der Waals surface area contributed by atoms with Crippen LogP contribution in [0.1, 0.15) is 24.4 Å². The molecule has 0 aliphatic carbocycles. The van der Waals surface area contributed by atoms with E-state index in [1.807, 2.05) is 48.7 Å². The van der Waals surface area contributed by atoms with E-state index >= 15 is 0 Å². The Bertz CT molecular complexity index is 682. The average Bonchev–Trinajstić information content (AvgIpc) is 3.03. The highest BCUT2D eigenvalue weighted by molar-refractivity contribution is 5.51. The van der Waals surface area contributed by atoms with Crippen LogP contribution in [0.3, 0.4) is 0 Å². The van der Waals surface area contributed by atoms with Gasteiger partial charge in [0.25, 0.3) is 0 Å². The highest BCUT2D eigenvalue weighted by Gasteiger charge is 2.10. The monoisotopic (exact) mass is 280 g/mol. The molecule has 0 fully saturated rings. The van der Waals surface area contributed by atoms with Gasteiger partial charge in [0.15, 0.2) is 0 Å². The molecule has 0 spiro atoms. The lowest BCUT2D eigenvalue weighted by atomic mass is 10.1. The maximum absolute atomic E-state index is 5.66. The molecule has 5 heteroatoms. The fraction of sp³-hybridized carbons (Fsp3) is 0.188. The van der Waals surface area contributed by atoms with Gasteiger partial charge in [-0.15, -0.1) is 10.2 Å². The van der Waals surface area contributed by atoms with Crippen molar-refractivity contribution in [2.45, 2.75) is 19.5 Å². The molecular formula is C16H16N4O. The minimum atomic E-state index is 0.172. The maximum Gasteiger partial charge on any atom is 0.247 e. The molecule has 0 saturated heterocycles. The van der Waals surface area contributed by atoms with Crippen LogP contribution < -0.4 is 5.32 Å². The normalized spacial score (nSPS) is 12.2. The minimum absolute atomic E-state index is 0.172. The van der Waals surface area contributed by atoms with E-state index in [-0.39, 0.29) is 6.04 Å². The number of hydrogen-bond acceptors (Lipinski definition) is 5. The molecule has 0 aliphatic rings. The molecular weight excluding hydrogens is 264 g/mol. The van der Waals surface area contributed by atoms with E-state index in [0.717, 1.165) is 11.1 Å². The predicted molar refractivity (Wildman–Crippen MR) is 79.2 cm³/mol. The van der Waals surface area contributed by atoms with Crippen LogP contribution in [0.2, 0.25) is 0 Å². The summed E-state index contributed by atoms with van der Waals surface area (Å²) in [6.45, 7) is 2.60. The molecule has 1 N–H and O–H groups in total. The van der Waals surface area contributed by atoms with Gasteiger partial charge in [-0.25, -0.2) is 0 Å². The van der Waals surface area contributed by atoms with Crippen molar-refractivity contribution in [1.82, 2.24) is 20.5 Å². The summed E-state index contributed by atoms with van der Waals surface area (Å²) < 4.78 is 5.66. The Balaban J connectivity index is 1.63. The topological polar surface area (TPSA) is 63.8 Å². The lowest BCUT2D eigenvalue weighted by Crippen LogP contribution is -2.18. The molecule has 0 radical (unpaired) electrons. The van der Waals surface area contributed by atoms with Crippen LogP contribution in [0.4, 0.5) is 0 Å². The van der Waals surface area contributed by atoms with E-state index in [4.69, 9.17) is 4.42 Å². The van der Waals surface area contributed by atoms with Crippen molar-refractivity contribution in [2.24, 2.45) is 0 Å². The van der Waals surface area contributed by atoms with Crippen molar-refractivity contribution < 1.29 is 4.42 Å². The Hall–Kier alpha value is -2.53. The van der Waals surface area contributed by atoms with Gasteiger partial charge in [0.2, 0.25) is 11.8 Å². The summed E-state index contributed by atoms with van der Waals surface area (Å²) in [6.07, 6.45) is 3.61. The molecule has 3 rings (SSSR count). The van der Waals surface area contributed by atoms with Gasteiger partial charge in [0.05, 0.1) is 6.54 Å². The molecule has 0 amide bonds. The summed E-state index contributed by atoms with van der Waals surface area (Å²) in [7, 11) is 0. The average molecular weight is 280 g/mol. The summed E-state index contributed by atoms with van der Waals surface area (Å²) in [4.78, 5) is 4.11. The van der Waals surface area contributed by atoms with Crippen molar-refractivity contribution in [3.63, 3.8) is 0 Å². The maximum atomic E-state index is 5.66. The van der Waals surface area contributed by atoms with E-state index in [2.05, 4.69) is 27.4 Å². The SMILES string of the molecule is CC(NCc1nnc(-c2ccccc2)o1)c1cccnc1. The van der Waals surface area contributed by atoms with Crippen LogP contribution in [0.5, 0.6) is 0 Å². The van der Waals surface area contributed by atoms with Gasteiger partial charge in [0, 0.05) is 24.0 Å². The van der Waals surface area contributed by atoms with Gasteiger partial charge in [-0.3, -0.25) is 4.98 Å². The third-order valence-electron chi connectivity index (χ3n) is 3.23. The smallest absolute Gasteiger partial charge is 0.247 e. The molecule has 0 saturated carbocycles. The molecule has 5 nitrogen and oxygen atoms in total. The molecule has 3 aromatic rings. The number of nitrogens with zero attached hydrogens (tertiary/aromatic N) is 3. The number of rotatable bonds is 5. The molecule has 106 valence electrons. The van der Waals surface area contributed by atoms with E-state index in [9.17, 15) is 0 Å². The predicted octanol–water partition coefficient (Wildman–Crippen LogP) is 2.98. The molecule has 1 unspecified atom stereocenters. The van der Waals surface area contributed by atoms with Gasteiger partial charge in [-0.05, 0) is 30.7 Å². The van der Waals surface area contributed by atoms with E-state index in [1.165, 1.54) is 0 Å². The van der Waals surface area contributed by atoms with Crippen LogP contribution >= 0.6 is 0 Å². The highest BCUT2D eigenvalue weighted by Crippen LogP contribution is 2.17. The van der Waals surface area contributed by atoms with Crippen molar-refractivity contribution in [3.05, 3.63) is 66.3 Å². The number of pyridine rings is 1. The van der Waals surface area contributed by atoms with Crippen molar-refractivity contribution in [1.29, 1.82) is 0 Å². The van der Waals surface area contributed by atoms with Crippen LogP contribution in [0.25, 0.3) is 11.5 Å². The number of benzene rings is 1. The summed E-state index contributed by atoms with van der Waals surface area (Å²) >= 11 is 0. The molecule has 0 bridgehead atoms. The lowest BCUT2D eigenvalue weighted by Gasteiger charge is -2.11. The van der Waals surface area contributed by atoms with Crippen LogP contribution in [0, 0.1) is 0 Å². The third-order valence-corrected chi connectivity index (χ3v) is 3.23. The van der Waals surface area contributed by atoms with Crippen molar-refractivity contribution in [2.75, 3.05) is 0 Å². The zero-order valence-electron chi connectivity index (χ0n) is 11.7. The largest absolute Gasteiger partial charge is 0.419 e. The minimum Gasteiger partial charge on any atom is -0.419 e. The zero-order chi connectivity index (χ0) is 14.5. The second-order valence-corrected chi connectivity index (χ2v) is 4.76. The fourth-order valence-corrected chi connectivity index (χ4v) is 2.01. The van der Waals surface area contributed by atoms with Crippen LogP contribution in [0.15, 0.2) is 59.3 Å². The first kappa shape index (κ1) is 13.5. The highest BCUT2D eigenvalue weighted by atomic mass is 16.4. The first-order valence-corrected chi connectivity index (χ1v) is 6.84. The quantitative estimate of drug-likeness (QED) is 0.778. The number of hydrogen-bond donors (Lipinski definition) is 1. The molecule has 1 atom stereocenters. The van der Waals surface area contributed by atoms with Gasteiger partial charge in [0.1, 0.15) is 0 Å². The number of nitrogens with one attached hydrogen (secondary N) is 1. The van der Waals surface area contributed by atoms with Gasteiger partial charge in [-0.1, -0.05) is 24.3 Å². The lowest BCUT2D eigenvalue weighted by molar-refractivity contribution is 0.454. The Morgan fingerprint density at radius 1 is 1.10 bits per heavy atom. The summed E-state index contributed by atoms with van der Waals surface area (Å²) in [5, 5.41) is 11.5. The Morgan fingerprint density at radius 2 is 1.95 bits per heavy atom. The van der Waals surface area contributed by atoms with Crippen molar-refractivity contribution in [3.8, 4) is 11.5 Å². The van der Waals surface area contributed by atoms with E-state index < -0.39 is 0 Å². The van der Waals surface area contributed by atoms with Crippen LogP contribution in [-0.2, 0) is 6.54 Å². The Labute approximate surface area is 123 Å². The van der Waals surface area contributed by atoms with Crippen molar-refractivity contribution >= 4 is 0 Å². The second kappa shape index (κ2) is 6.28. The van der Waals surface area contributed by atoms with Gasteiger partial charge >= 0.3 is 0 Å². The molecule has 2 heterocycles. The van der Waals surface area contributed by atoms with E-state index in [0.29, 0.717) is 18.3 Å². The third kappa shape index (κ3) is 3.32. The molecule has 1 aromatic carbocycles. The van der Waals surface area contributed by atoms with E-state index in [1.54, 1.807) is 6.20 Å². The molecule has 2 aromatic heterocycles. The van der Waals surface area contributed by atoms with Gasteiger partial charge < -0.3 is 9.73 Å². The fourth-order valence-electron chi connectivity index (χ4n) is 2.01. The summed E-state index contributed by atoms with van der Waals surface area (Å²) in [6, 6.07) is 13.9. The first-order valence-electron chi connectivity index (χ1n) is 6.84. The molecule has 21 heavy (non-hydrogen) atoms. The van der Waals surface area contributed by atoms with Crippen LogP contribution in [-0.4, -0.2) is 15.2 Å². The van der Waals surface area contributed by atoms with Gasteiger partial charge in [-0.2, -0.15) is 0 Å². The molecule has 0 aliphatic heterocycles. The second-order valence-electron chi connectivity index (χ2n) is 4.76. The standard InChI is InChI=1S/C16H16N4O/c1-12(14-8-5-9-17-10-14)18-11-15-19-20-16(21-15)13-6-3-2-4-7-13/h2-10,12,18H,11H2,1H3. The summed E-state index contributed by atoms with van der Waals surface area (Å²) in [5.74, 6) is 1.12. The number of aromatic nitrogens is 3. The summed E-state index contributed by atoms with van der Waals surface area (Å²) in [5.41, 5.74) is 2.05.